The number of hydrogen-bond acceptors (Lipinski definition) is 10. The van der Waals surface area contributed by atoms with E-state index >= 15 is 0 Å². The second kappa shape index (κ2) is 20.0. The van der Waals surface area contributed by atoms with Gasteiger partial charge in [0, 0.05) is 19.0 Å². The van der Waals surface area contributed by atoms with E-state index in [-0.39, 0.29) is 52.8 Å². The Morgan fingerprint density at radius 3 is 1.04 bits per heavy atom. The van der Waals surface area contributed by atoms with Gasteiger partial charge in [-0.3, -0.25) is 9.59 Å². The number of amides is 2. The number of carboxylic acid groups (broad SMARTS) is 4. The second-order valence-electron chi connectivity index (χ2n) is 11.0. The largest absolute Gasteiger partial charge is 0.508 e. The second-order valence-corrected chi connectivity index (χ2v) is 11.0. The molecule has 0 bridgehead atoms. The summed E-state index contributed by atoms with van der Waals surface area (Å²) in [5.41, 5.74) is 10.4. The maximum absolute atomic E-state index is 12.3. The van der Waals surface area contributed by atoms with Crippen LogP contribution in [0.25, 0.3) is 0 Å². The molecule has 2 amide bonds. The number of hydrogen-bond donors (Lipinski definition) is 10. The third-order valence-electron chi connectivity index (χ3n) is 6.76. The highest BCUT2D eigenvalue weighted by molar-refractivity contribution is 6.06. The van der Waals surface area contributed by atoms with Crippen molar-refractivity contribution in [3.63, 3.8) is 0 Å². The molecule has 0 aliphatic rings. The lowest BCUT2D eigenvalue weighted by Gasteiger charge is -2.15. The maximum atomic E-state index is 12.3. The fourth-order valence-electron chi connectivity index (χ4n) is 4.34. The Labute approximate surface area is 297 Å². The van der Waals surface area contributed by atoms with Crippen molar-refractivity contribution in [3.05, 3.63) is 130 Å². The Morgan fingerprint density at radius 2 is 0.788 bits per heavy atom. The molecule has 0 heterocycles. The molecule has 52 heavy (non-hydrogen) atoms. The van der Waals surface area contributed by atoms with Gasteiger partial charge in [-0.15, -0.1) is 0 Å². The molecular weight excluding hydrogens is 680 g/mol. The Kier molecular flexibility index (Phi) is 15.9. The number of aromatic hydroxyl groups is 2. The van der Waals surface area contributed by atoms with Crippen LogP contribution in [0.1, 0.15) is 59.5 Å². The molecule has 0 radical (unpaired) electrons. The van der Waals surface area contributed by atoms with Gasteiger partial charge in [-0.1, -0.05) is 48.5 Å². The zero-order valence-corrected chi connectivity index (χ0v) is 27.7. The van der Waals surface area contributed by atoms with Crippen molar-refractivity contribution < 1.29 is 59.4 Å². The maximum Gasteiger partial charge on any atom is 0.336 e. The summed E-state index contributed by atoms with van der Waals surface area (Å²) in [4.78, 5) is 69.6. The van der Waals surface area contributed by atoms with Crippen molar-refractivity contribution in [2.45, 2.75) is 38.0 Å². The molecule has 16 nitrogen and oxygen atoms in total. The number of aliphatic carboxylic acids is 2. The van der Waals surface area contributed by atoms with E-state index in [0.29, 0.717) is 11.1 Å². The Hall–Kier alpha value is -6.78. The van der Waals surface area contributed by atoms with E-state index in [1.54, 1.807) is 31.2 Å². The van der Waals surface area contributed by atoms with Crippen LogP contribution in [0.5, 0.6) is 11.5 Å². The first-order valence-corrected chi connectivity index (χ1v) is 15.3. The number of rotatable bonds is 12. The number of carbonyl (C=O) groups is 6. The summed E-state index contributed by atoms with van der Waals surface area (Å²) in [5.74, 6) is -6.50. The first kappa shape index (κ1) is 41.4. The van der Waals surface area contributed by atoms with Crippen LogP contribution in [-0.4, -0.2) is 84.6 Å². The monoisotopic (exact) mass is 718 g/mol. The molecule has 2 atom stereocenters. The molecule has 274 valence electrons. The first-order valence-electron chi connectivity index (χ1n) is 15.3. The highest BCUT2D eigenvalue weighted by Gasteiger charge is 2.25. The molecule has 0 aromatic heterocycles. The summed E-state index contributed by atoms with van der Waals surface area (Å²) < 4.78 is 0. The number of carboxylic acids is 4. The molecule has 0 aliphatic heterocycles. The van der Waals surface area contributed by atoms with Gasteiger partial charge >= 0.3 is 23.9 Å². The molecule has 4 aromatic rings. The molecule has 0 aliphatic carbocycles. The van der Waals surface area contributed by atoms with Crippen LogP contribution in [0.15, 0.2) is 97.1 Å². The van der Waals surface area contributed by atoms with Gasteiger partial charge in [-0.2, -0.15) is 0 Å². The summed E-state index contributed by atoms with van der Waals surface area (Å²) in [5, 5.41) is 59.9. The average Bonchev–Trinajstić information content (AvgIpc) is 3.09. The topological polar surface area (TPSA) is 300 Å². The highest BCUT2D eigenvalue weighted by Crippen LogP contribution is 2.15. The number of phenols is 2. The molecule has 0 saturated carbocycles. The van der Waals surface area contributed by atoms with E-state index < -0.39 is 47.8 Å². The van der Waals surface area contributed by atoms with Gasteiger partial charge in [0.25, 0.3) is 11.8 Å². The van der Waals surface area contributed by atoms with E-state index in [4.69, 9.17) is 21.7 Å². The summed E-state index contributed by atoms with van der Waals surface area (Å²) in [6.45, 7) is 1.72. The molecular formula is C36H38N4O12. The summed E-state index contributed by atoms with van der Waals surface area (Å²) in [6, 6.07) is 20.5. The fraction of sp³-hybridized carbons (Fsp3) is 0.167. The van der Waals surface area contributed by atoms with Gasteiger partial charge < -0.3 is 52.7 Å². The van der Waals surface area contributed by atoms with E-state index in [9.17, 15) is 49.2 Å². The van der Waals surface area contributed by atoms with E-state index in [1.807, 2.05) is 0 Å². The number of benzene rings is 4. The van der Waals surface area contributed by atoms with Crippen molar-refractivity contribution in [1.29, 1.82) is 0 Å². The lowest BCUT2D eigenvalue weighted by atomic mass is 10.0. The van der Waals surface area contributed by atoms with E-state index in [2.05, 4.69) is 10.6 Å². The van der Waals surface area contributed by atoms with Gasteiger partial charge in [0.1, 0.15) is 23.6 Å². The minimum Gasteiger partial charge on any atom is -0.508 e. The van der Waals surface area contributed by atoms with Crippen molar-refractivity contribution in [2.75, 3.05) is 0 Å². The summed E-state index contributed by atoms with van der Waals surface area (Å²) >= 11 is 0. The van der Waals surface area contributed by atoms with Crippen molar-refractivity contribution in [3.8, 4) is 11.5 Å². The molecule has 4 rings (SSSR count). The van der Waals surface area contributed by atoms with Crippen LogP contribution in [-0.2, 0) is 22.4 Å². The average molecular weight is 719 g/mol. The fourth-order valence-corrected chi connectivity index (χ4v) is 4.34. The SMILES string of the molecule is CC(N)N.O=C(O)c1ccccc1C(=O)N[C@@H](Cc1ccc(O)cc1)C(=O)O.O=C(O)c1ccccc1C(=O)N[C@@H](Cc1ccc(O)cc1)C(=O)O. The van der Waals surface area contributed by atoms with Crippen molar-refractivity contribution in [1.82, 2.24) is 10.6 Å². The van der Waals surface area contributed by atoms with Crippen LogP contribution in [0.4, 0.5) is 0 Å². The van der Waals surface area contributed by atoms with Crippen LogP contribution in [0.2, 0.25) is 0 Å². The number of nitrogens with two attached hydrogens (primary N) is 2. The van der Waals surface area contributed by atoms with Crippen LogP contribution in [0, 0.1) is 0 Å². The third kappa shape index (κ3) is 13.6. The normalized spacial score (nSPS) is 11.3. The molecule has 4 aromatic carbocycles. The molecule has 16 heteroatoms. The van der Waals surface area contributed by atoms with Crippen LogP contribution >= 0.6 is 0 Å². The Bertz CT molecular complexity index is 1730. The molecule has 0 spiro atoms. The Morgan fingerprint density at radius 1 is 0.519 bits per heavy atom. The van der Waals surface area contributed by atoms with E-state index in [1.165, 1.54) is 72.8 Å². The number of aromatic carboxylic acids is 2. The molecule has 0 saturated heterocycles. The van der Waals surface area contributed by atoms with Crippen molar-refractivity contribution in [2.24, 2.45) is 11.5 Å². The third-order valence-corrected chi connectivity index (χ3v) is 6.76. The minimum atomic E-state index is -1.27. The van der Waals surface area contributed by atoms with E-state index in [0.717, 1.165) is 0 Å². The smallest absolute Gasteiger partial charge is 0.336 e. The molecule has 0 fully saturated rings. The minimum absolute atomic E-state index is 0.00338. The number of carbonyl (C=O) groups excluding carboxylic acids is 2. The zero-order valence-electron chi connectivity index (χ0n) is 27.7. The lowest BCUT2D eigenvalue weighted by Crippen LogP contribution is -2.42. The van der Waals surface area contributed by atoms with Gasteiger partial charge in [0.05, 0.1) is 22.3 Å². The standard InChI is InChI=1S/2C17H15NO6.C2H8N2/c2*19-11-7-5-10(6-8-11)9-14(17(23)24)18-15(20)12-3-1-2-4-13(12)16(21)22;1-2(3)4/h2*1-8,14,19H,9H2,(H,18,20)(H,21,22)(H,23,24);2H,3-4H2,1H3/t2*14-;/m00./s1. The quantitative estimate of drug-likeness (QED) is 0.0941. The van der Waals surface area contributed by atoms with Gasteiger partial charge in [-0.05, 0) is 66.6 Å². The lowest BCUT2D eigenvalue weighted by molar-refractivity contribution is -0.140. The Balaban J connectivity index is 0.000000327. The van der Waals surface area contributed by atoms with Crippen LogP contribution < -0.4 is 22.1 Å². The number of phenolic OH excluding ortho intramolecular Hbond substituents is 2. The van der Waals surface area contributed by atoms with Gasteiger partial charge in [-0.25, -0.2) is 19.2 Å². The highest BCUT2D eigenvalue weighted by atomic mass is 16.4. The summed E-state index contributed by atoms with van der Waals surface area (Å²) in [6.07, 6.45) is -0.173. The van der Waals surface area contributed by atoms with Gasteiger partial charge in [0.2, 0.25) is 0 Å². The number of nitrogens with one attached hydrogen (secondary N) is 2. The molecule has 12 N–H and O–H groups in total. The summed E-state index contributed by atoms with van der Waals surface area (Å²) in [7, 11) is 0. The van der Waals surface area contributed by atoms with Gasteiger partial charge in [0.15, 0.2) is 0 Å². The van der Waals surface area contributed by atoms with Crippen molar-refractivity contribution >= 4 is 35.7 Å². The predicted octanol–water partition coefficient (Wildman–Crippen LogP) is 2.28. The zero-order chi connectivity index (χ0) is 39.0. The molecule has 0 unspecified atom stereocenters. The predicted molar refractivity (Wildman–Crippen MR) is 186 cm³/mol. The van der Waals surface area contributed by atoms with Crippen LogP contribution in [0.3, 0.4) is 0 Å². The first-order chi connectivity index (χ1) is 24.5.